The van der Waals surface area contributed by atoms with Crippen molar-refractivity contribution in [1.82, 2.24) is 4.90 Å². The van der Waals surface area contributed by atoms with Gasteiger partial charge in [0.25, 0.3) is 0 Å². The molecule has 0 aromatic heterocycles. The molecular weight excluding hydrogens is 252 g/mol. The molecule has 1 atom stereocenters. The number of benzene rings is 1. The first kappa shape index (κ1) is 14.8. The van der Waals surface area contributed by atoms with Crippen LogP contribution in [0.25, 0.3) is 0 Å². The second kappa shape index (κ2) is 7.88. The van der Waals surface area contributed by atoms with Crippen LogP contribution >= 0.6 is 0 Å². The van der Waals surface area contributed by atoms with Crippen molar-refractivity contribution in [3.63, 3.8) is 0 Å². The van der Waals surface area contributed by atoms with Gasteiger partial charge >= 0.3 is 0 Å². The van der Waals surface area contributed by atoms with Gasteiger partial charge in [0.1, 0.15) is 12.4 Å². The summed E-state index contributed by atoms with van der Waals surface area (Å²) in [5.41, 5.74) is 0.634. The fraction of sp³-hybridized carbons (Fsp3) is 0.562. The summed E-state index contributed by atoms with van der Waals surface area (Å²) in [7, 11) is 0. The number of hydrogen-bond donors (Lipinski definition) is 0. The first-order valence-electron chi connectivity index (χ1n) is 7.28. The number of likely N-dealkylation sites (N-methyl/N-ethyl adjacent to an activating group) is 1. The summed E-state index contributed by atoms with van der Waals surface area (Å²) in [5, 5.41) is 8.85. The molecule has 1 heterocycles. The molecule has 0 saturated carbocycles. The maximum Gasteiger partial charge on any atom is 0.120 e. The first-order valence-corrected chi connectivity index (χ1v) is 7.28. The number of nitrogens with zero attached hydrogens (tertiary/aromatic N) is 2. The maximum absolute atomic E-state index is 8.85. The van der Waals surface area contributed by atoms with Gasteiger partial charge in [-0.3, -0.25) is 4.90 Å². The summed E-state index contributed by atoms with van der Waals surface area (Å²) in [6, 6.07) is 9.40. The lowest BCUT2D eigenvalue weighted by atomic mass is 10.2. The van der Waals surface area contributed by atoms with Crippen LogP contribution in [0.4, 0.5) is 0 Å². The fourth-order valence-corrected chi connectivity index (χ4v) is 2.40. The monoisotopic (exact) mass is 274 g/mol. The Balaban J connectivity index is 1.74. The Labute approximate surface area is 120 Å². The number of hydrogen-bond acceptors (Lipinski definition) is 4. The summed E-state index contributed by atoms with van der Waals surface area (Å²) >= 11 is 0. The molecule has 0 aliphatic carbocycles. The van der Waals surface area contributed by atoms with E-state index in [1.54, 1.807) is 12.1 Å². The number of nitriles is 1. The molecule has 4 heteroatoms. The van der Waals surface area contributed by atoms with Crippen molar-refractivity contribution in [3.8, 4) is 11.8 Å². The summed E-state index contributed by atoms with van der Waals surface area (Å²) < 4.78 is 11.4. The van der Waals surface area contributed by atoms with Crippen LogP contribution in [0.15, 0.2) is 24.3 Å². The van der Waals surface area contributed by atoms with E-state index in [9.17, 15) is 0 Å². The smallest absolute Gasteiger partial charge is 0.120 e. The van der Waals surface area contributed by atoms with E-state index in [1.807, 2.05) is 12.1 Å². The minimum Gasteiger partial charge on any atom is -0.492 e. The minimum atomic E-state index is 0.386. The average molecular weight is 274 g/mol. The minimum absolute atomic E-state index is 0.386. The van der Waals surface area contributed by atoms with Crippen molar-refractivity contribution in [1.29, 1.82) is 5.26 Å². The van der Waals surface area contributed by atoms with Crippen molar-refractivity contribution in [2.24, 2.45) is 0 Å². The van der Waals surface area contributed by atoms with Gasteiger partial charge in [-0.05, 0) is 37.6 Å². The van der Waals surface area contributed by atoms with E-state index in [-0.39, 0.29) is 0 Å². The zero-order valence-corrected chi connectivity index (χ0v) is 12.0. The van der Waals surface area contributed by atoms with Crippen LogP contribution in [-0.4, -0.2) is 43.9 Å². The summed E-state index contributed by atoms with van der Waals surface area (Å²) in [4.78, 5) is 2.35. The topological polar surface area (TPSA) is 45.5 Å². The van der Waals surface area contributed by atoms with Crippen LogP contribution in [-0.2, 0) is 4.74 Å². The molecule has 2 rings (SSSR count). The average Bonchev–Trinajstić information content (AvgIpc) is 2.99. The molecule has 1 aliphatic rings. The number of ether oxygens (including phenoxy) is 2. The fourth-order valence-electron chi connectivity index (χ4n) is 2.40. The molecule has 0 bridgehead atoms. The van der Waals surface area contributed by atoms with Crippen LogP contribution in [0.1, 0.15) is 25.3 Å². The molecule has 20 heavy (non-hydrogen) atoms. The van der Waals surface area contributed by atoms with Crippen LogP contribution < -0.4 is 4.74 Å². The Morgan fingerprint density at radius 3 is 3.10 bits per heavy atom. The summed E-state index contributed by atoms with van der Waals surface area (Å²) in [5.74, 6) is 0.761. The highest BCUT2D eigenvalue weighted by Crippen LogP contribution is 2.14. The molecule has 4 nitrogen and oxygen atoms in total. The third-order valence-corrected chi connectivity index (χ3v) is 3.57. The molecule has 1 fully saturated rings. The Bertz CT molecular complexity index is 450. The van der Waals surface area contributed by atoms with E-state index >= 15 is 0 Å². The zero-order chi connectivity index (χ0) is 14.2. The van der Waals surface area contributed by atoms with E-state index in [4.69, 9.17) is 14.7 Å². The highest BCUT2D eigenvalue weighted by atomic mass is 16.5. The third kappa shape index (κ3) is 4.52. The van der Waals surface area contributed by atoms with E-state index in [2.05, 4.69) is 17.9 Å². The molecule has 0 amide bonds. The highest BCUT2D eigenvalue weighted by molar-refractivity contribution is 5.36. The quantitative estimate of drug-likeness (QED) is 0.766. The predicted octanol–water partition coefficient (Wildman–Crippen LogP) is 2.44. The lowest BCUT2D eigenvalue weighted by molar-refractivity contribution is 0.0701. The van der Waals surface area contributed by atoms with Gasteiger partial charge < -0.3 is 9.47 Å². The van der Waals surface area contributed by atoms with Gasteiger partial charge in [-0.25, -0.2) is 0 Å². The van der Waals surface area contributed by atoms with Crippen LogP contribution in [0.2, 0.25) is 0 Å². The maximum atomic E-state index is 8.85. The Hall–Kier alpha value is -1.57. The lowest BCUT2D eigenvalue weighted by Crippen LogP contribution is -2.35. The molecule has 108 valence electrons. The standard InChI is InChI=1S/C16H22N2O2/c1-2-18(13-16-7-4-9-19-16)8-10-20-15-6-3-5-14(11-15)12-17/h3,5-6,11,16H,2,4,7-10,13H2,1H3. The van der Waals surface area contributed by atoms with Gasteiger partial charge in [0.15, 0.2) is 0 Å². The van der Waals surface area contributed by atoms with Crippen LogP contribution in [0.5, 0.6) is 5.75 Å². The zero-order valence-electron chi connectivity index (χ0n) is 12.0. The van der Waals surface area contributed by atoms with E-state index in [0.29, 0.717) is 18.3 Å². The Kier molecular flexibility index (Phi) is 5.85. The molecule has 0 spiro atoms. The van der Waals surface area contributed by atoms with E-state index in [1.165, 1.54) is 12.8 Å². The molecular formula is C16H22N2O2. The van der Waals surface area contributed by atoms with Gasteiger partial charge in [0, 0.05) is 19.7 Å². The number of rotatable bonds is 7. The highest BCUT2D eigenvalue weighted by Gasteiger charge is 2.18. The molecule has 1 saturated heterocycles. The lowest BCUT2D eigenvalue weighted by Gasteiger charge is -2.23. The third-order valence-electron chi connectivity index (χ3n) is 3.57. The summed E-state index contributed by atoms with van der Waals surface area (Å²) in [6.45, 7) is 6.56. The van der Waals surface area contributed by atoms with Crippen molar-refractivity contribution in [2.75, 3.05) is 32.8 Å². The van der Waals surface area contributed by atoms with Gasteiger partial charge in [-0.1, -0.05) is 13.0 Å². The van der Waals surface area contributed by atoms with E-state index in [0.717, 1.165) is 32.0 Å². The normalized spacial score (nSPS) is 18.1. The molecule has 0 N–H and O–H groups in total. The Morgan fingerprint density at radius 2 is 2.40 bits per heavy atom. The van der Waals surface area contributed by atoms with Crippen molar-refractivity contribution >= 4 is 0 Å². The van der Waals surface area contributed by atoms with Crippen molar-refractivity contribution in [2.45, 2.75) is 25.9 Å². The summed E-state index contributed by atoms with van der Waals surface area (Å²) in [6.07, 6.45) is 2.73. The van der Waals surface area contributed by atoms with Gasteiger partial charge in [-0.15, -0.1) is 0 Å². The van der Waals surface area contributed by atoms with Crippen molar-refractivity contribution in [3.05, 3.63) is 29.8 Å². The molecule has 0 radical (unpaired) electrons. The first-order chi connectivity index (χ1) is 9.81. The van der Waals surface area contributed by atoms with Gasteiger partial charge in [0.05, 0.1) is 17.7 Å². The Morgan fingerprint density at radius 1 is 1.50 bits per heavy atom. The van der Waals surface area contributed by atoms with E-state index < -0.39 is 0 Å². The van der Waals surface area contributed by atoms with Crippen LogP contribution in [0.3, 0.4) is 0 Å². The molecule has 1 aromatic carbocycles. The van der Waals surface area contributed by atoms with Crippen LogP contribution in [0, 0.1) is 11.3 Å². The molecule has 1 aromatic rings. The SMILES string of the molecule is CCN(CCOc1cccc(C#N)c1)CC1CCCO1. The van der Waals surface area contributed by atoms with Gasteiger partial charge in [0.2, 0.25) is 0 Å². The van der Waals surface area contributed by atoms with Crippen molar-refractivity contribution < 1.29 is 9.47 Å². The molecule has 1 aliphatic heterocycles. The second-order valence-corrected chi connectivity index (χ2v) is 5.02. The second-order valence-electron chi connectivity index (χ2n) is 5.02. The predicted molar refractivity (Wildman–Crippen MR) is 77.7 cm³/mol. The molecule has 1 unspecified atom stereocenters. The largest absolute Gasteiger partial charge is 0.492 e. The van der Waals surface area contributed by atoms with Gasteiger partial charge in [-0.2, -0.15) is 5.26 Å².